The molecule has 0 spiro atoms. The Morgan fingerprint density at radius 3 is 2.93 bits per heavy atom. The minimum Gasteiger partial charge on any atom is -0.467 e. The Bertz CT molecular complexity index is 971. The Balaban J connectivity index is 1.47. The van der Waals surface area contributed by atoms with Crippen LogP contribution in [0.3, 0.4) is 0 Å². The van der Waals surface area contributed by atoms with Gasteiger partial charge in [-0.2, -0.15) is 0 Å². The fourth-order valence-electron chi connectivity index (χ4n) is 3.00. The average molecular weight is 383 g/mol. The fourth-order valence-corrected chi connectivity index (χ4v) is 3.00. The third-order valence-electron chi connectivity index (χ3n) is 4.29. The van der Waals surface area contributed by atoms with E-state index in [1.807, 2.05) is 12.1 Å². The molecule has 2 heterocycles. The molecule has 7 heteroatoms. The second-order valence-electron chi connectivity index (χ2n) is 6.22. The molecule has 0 saturated heterocycles. The van der Waals surface area contributed by atoms with Gasteiger partial charge in [0.1, 0.15) is 23.9 Å². The number of carbonyl (C=O) groups is 1. The zero-order chi connectivity index (χ0) is 19.3. The summed E-state index contributed by atoms with van der Waals surface area (Å²) in [7, 11) is 0. The molecule has 1 aromatic heterocycles. The van der Waals surface area contributed by atoms with Crippen molar-refractivity contribution in [3.63, 3.8) is 0 Å². The molecular weight excluding hydrogens is 365 g/mol. The first-order chi connectivity index (χ1) is 13.7. The summed E-state index contributed by atoms with van der Waals surface area (Å²) in [6, 6.07) is 13.3. The lowest BCUT2D eigenvalue weighted by Gasteiger charge is -2.20. The summed E-state index contributed by atoms with van der Waals surface area (Å²) in [6.07, 6.45) is 1.59. The van der Waals surface area contributed by atoms with Crippen molar-refractivity contribution in [1.29, 1.82) is 0 Å². The smallest absolute Gasteiger partial charge is 0.340 e. The zero-order valence-corrected chi connectivity index (χ0v) is 14.9. The molecular formula is C21H18FNO5. The van der Waals surface area contributed by atoms with Crippen molar-refractivity contribution in [2.24, 2.45) is 0 Å². The van der Waals surface area contributed by atoms with Crippen LogP contribution >= 0.6 is 0 Å². The maximum atomic E-state index is 13.8. The summed E-state index contributed by atoms with van der Waals surface area (Å²) >= 11 is 0. The zero-order valence-electron chi connectivity index (χ0n) is 14.9. The highest BCUT2D eigenvalue weighted by Gasteiger charge is 2.19. The maximum Gasteiger partial charge on any atom is 0.340 e. The normalized spacial score (nSPS) is 12.8. The van der Waals surface area contributed by atoms with E-state index in [4.69, 9.17) is 18.6 Å². The van der Waals surface area contributed by atoms with Gasteiger partial charge in [-0.05, 0) is 36.4 Å². The van der Waals surface area contributed by atoms with Crippen LogP contribution < -0.4 is 10.1 Å². The molecule has 3 aromatic rings. The summed E-state index contributed by atoms with van der Waals surface area (Å²) in [6.45, 7) is 0.667. The second kappa shape index (κ2) is 8.14. The van der Waals surface area contributed by atoms with Gasteiger partial charge in [0, 0.05) is 16.8 Å². The number of esters is 1. The van der Waals surface area contributed by atoms with Crippen molar-refractivity contribution in [2.75, 3.05) is 12.1 Å². The lowest BCUT2D eigenvalue weighted by atomic mass is 10.1. The topological polar surface area (TPSA) is 69.9 Å². The molecule has 1 aliphatic rings. The van der Waals surface area contributed by atoms with E-state index in [0.717, 1.165) is 5.76 Å². The molecule has 1 N–H and O–H groups in total. The highest BCUT2D eigenvalue weighted by Crippen LogP contribution is 2.30. The van der Waals surface area contributed by atoms with Gasteiger partial charge in [0.05, 0.1) is 25.0 Å². The molecule has 0 atom stereocenters. The van der Waals surface area contributed by atoms with Crippen LogP contribution in [0.1, 0.15) is 27.2 Å². The summed E-state index contributed by atoms with van der Waals surface area (Å²) in [5.74, 6) is 0.297. The minimum atomic E-state index is -0.521. The number of fused-ring (bicyclic) bond motifs is 1. The first-order valence-corrected chi connectivity index (χ1v) is 8.75. The summed E-state index contributed by atoms with van der Waals surface area (Å²) < 4.78 is 35.2. The fraction of sp³-hybridized carbons (Fsp3) is 0.190. The first kappa shape index (κ1) is 18.1. The number of hydrogen-bond donors (Lipinski definition) is 1. The Morgan fingerprint density at radius 2 is 2.07 bits per heavy atom. The number of ether oxygens (including phenoxy) is 3. The number of benzene rings is 2. The number of nitrogens with one attached hydrogen (secondary N) is 1. The molecule has 6 nitrogen and oxygen atoms in total. The van der Waals surface area contributed by atoms with Crippen LogP contribution in [0.2, 0.25) is 0 Å². The van der Waals surface area contributed by atoms with E-state index in [-0.39, 0.29) is 20.0 Å². The maximum absolute atomic E-state index is 13.8. The molecule has 0 amide bonds. The predicted molar refractivity (Wildman–Crippen MR) is 98.3 cm³/mol. The van der Waals surface area contributed by atoms with Crippen molar-refractivity contribution in [3.05, 3.63) is 83.1 Å². The Kier molecular flexibility index (Phi) is 5.25. The van der Waals surface area contributed by atoms with Crippen LogP contribution in [0.15, 0.2) is 59.2 Å². The quantitative estimate of drug-likeness (QED) is 0.642. The molecule has 0 aliphatic carbocycles. The summed E-state index contributed by atoms with van der Waals surface area (Å²) in [5.41, 5.74) is 2.06. The molecule has 0 bridgehead atoms. The number of furan rings is 1. The number of rotatable bonds is 6. The number of halogens is 1. The van der Waals surface area contributed by atoms with Gasteiger partial charge < -0.3 is 23.9 Å². The van der Waals surface area contributed by atoms with Crippen LogP contribution in [-0.2, 0) is 29.2 Å². The number of carbonyl (C=O) groups excluding carboxylic acids is 1. The van der Waals surface area contributed by atoms with Gasteiger partial charge in [0.2, 0.25) is 0 Å². The SMILES string of the molecule is O=C(OCc1cc(F)cc2c1OCOC2)c1ccccc1NCc1ccco1. The largest absolute Gasteiger partial charge is 0.467 e. The molecule has 4 rings (SSSR count). The van der Waals surface area contributed by atoms with Crippen molar-refractivity contribution < 1.29 is 27.8 Å². The standard InChI is InChI=1S/C21H18FNO5/c22-16-8-14-11-25-13-28-20(14)15(9-16)12-27-21(24)18-5-1-2-6-19(18)23-10-17-4-3-7-26-17/h1-9,23H,10-13H2. The second-order valence-corrected chi connectivity index (χ2v) is 6.22. The van der Waals surface area contributed by atoms with Gasteiger partial charge in [0.15, 0.2) is 6.79 Å². The Morgan fingerprint density at radius 1 is 1.18 bits per heavy atom. The number of anilines is 1. The molecule has 0 radical (unpaired) electrons. The van der Waals surface area contributed by atoms with Gasteiger partial charge in [-0.1, -0.05) is 12.1 Å². The molecule has 28 heavy (non-hydrogen) atoms. The van der Waals surface area contributed by atoms with Crippen molar-refractivity contribution in [2.45, 2.75) is 19.8 Å². The van der Waals surface area contributed by atoms with Crippen LogP contribution in [0, 0.1) is 5.82 Å². The Hall–Kier alpha value is -3.32. The van der Waals surface area contributed by atoms with Gasteiger partial charge in [0.25, 0.3) is 0 Å². The molecule has 2 aromatic carbocycles. The highest BCUT2D eigenvalue weighted by molar-refractivity contribution is 5.95. The van der Waals surface area contributed by atoms with E-state index in [0.29, 0.717) is 34.7 Å². The van der Waals surface area contributed by atoms with E-state index in [1.54, 1.807) is 30.5 Å². The van der Waals surface area contributed by atoms with Gasteiger partial charge in [-0.25, -0.2) is 9.18 Å². The molecule has 0 unspecified atom stereocenters. The Labute approximate surface area is 160 Å². The molecule has 1 aliphatic heterocycles. The van der Waals surface area contributed by atoms with Gasteiger partial charge in [-0.15, -0.1) is 0 Å². The monoisotopic (exact) mass is 383 g/mol. The van der Waals surface area contributed by atoms with Crippen molar-refractivity contribution in [1.82, 2.24) is 0 Å². The average Bonchev–Trinajstić information content (AvgIpc) is 3.24. The number of hydrogen-bond acceptors (Lipinski definition) is 6. The highest BCUT2D eigenvalue weighted by atomic mass is 19.1. The molecule has 144 valence electrons. The van der Waals surface area contributed by atoms with Crippen molar-refractivity contribution >= 4 is 11.7 Å². The minimum absolute atomic E-state index is 0.0825. The van der Waals surface area contributed by atoms with Gasteiger partial charge in [-0.3, -0.25) is 0 Å². The van der Waals surface area contributed by atoms with E-state index in [9.17, 15) is 9.18 Å². The van der Waals surface area contributed by atoms with E-state index in [2.05, 4.69) is 5.32 Å². The first-order valence-electron chi connectivity index (χ1n) is 8.75. The lowest BCUT2D eigenvalue weighted by molar-refractivity contribution is -0.0182. The van der Waals surface area contributed by atoms with Crippen LogP contribution in [0.4, 0.5) is 10.1 Å². The summed E-state index contributed by atoms with van der Waals surface area (Å²) in [5, 5.41) is 3.16. The molecule has 0 fully saturated rings. The summed E-state index contributed by atoms with van der Waals surface area (Å²) in [4.78, 5) is 12.6. The van der Waals surface area contributed by atoms with Crippen LogP contribution in [0.5, 0.6) is 5.75 Å². The lowest BCUT2D eigenvalue weighted by Crippen LogP contribution is -2.15. The van der Waals surface area contributed by atoms with Crippen LogP contribution in [-0.4, -0.2) is 12.8 Å². The third-order valence-corrected chi connectivity index (χ3v) is 4.29. The molecule has 0 saturated carbocycles. The van der Waals surface area contributed by atoms with E-state index in [1.165, 1.54) is 12.1 Å². The third kappa shape index (κ3) is 3.99. The van der Waals surface area contributed by atoms with Gasteiger partial charge >= 0.3 is 5.97 Å². The van der Waals surface area contributed by atoms with Crippen molar-refractivity contribution in [3.8, 4) is 5.75 Å². The van der Waals surface area contributed by atoms with Crippen LogP contribution in [0.25, 0.3) is 0 Å². The van der Waals surface area contributed by atoms with E-state index < -0.39 is 11.8 Å². The van der Waals surface area contributed by atoms with E-state index >= 15 is 0 Å². The predicted octanol–water partition coefficient (Wildman–Crippen LogP) is 4.25. The number of para-hydroxylation sites is 1.